The highest BCUT2D eigenvalue weighted by atomic mass is 16.5. The van der Waals surface area contributed by atoms with Crippen LogP contribution >= 0.6 is 0 Å². The third kappa shape index (κ3) is 4.08. The molecule has 0 bridgehead atoms. The van der Waals surface area contributed by atoms with E-state index in [4.69, 9.17) is 9.47 Å². The van der Waals surface area contributed by atoms with E-state index in [-0.39, 0.29) is 12.1 Å². The molecule has 51 heavy (non-hydrogen) atoms. The van der Waals surface area contributed by atoms with Gasteiger partial charge < -0.3 is 14.4 Å². The molecule has 0 aromatic heterocycles. The average molecular weight is 654 g/mol. The molecule has 8 aromatic rings. The zero-order chi connectivity index (χ0) is 33.8. The number of hydrogen-bond acceptors (Lipinski definition) is 3. The lowest BCUT2D eigenvalue weighted by Crippen LogP contribution is -2.57. The minimum absolute atomic E-state index is 0.00296. The molecular weight excluding hydrogens is 621 g/mol. The minimum atomic E-state index is -0.213. The van der Waals surface area contributed by atoms with Gasteiger partial charge >= 0.3 is 0 Å². The molecule has 0 saturated carbocycles. The van der Waals surface area contributed by atoms with Crippen LogP contribution in [0.1, 0.15) is 25.0 Å². The zero-order valence-corrected chi connectivity index (χ0v) is 28.4. The zero-order valence-electron chi connectivity index (χ0n) is 28.4. The summed E-state index contributed by atoms with van der Waals surface area (Å²) in [5.41, 5.74) is 11.9. The predicted octanol–water partition coefficient (Wildman–Crippen LogP) is 10.5. The Hall–Kier alpha value is -6.26. The van der Waals surface area contributed by atoms with E-state index in [0.717, 1.165) is 45.5 Å². The Kier molecular flexibility index (Phi) is 5.82. The van der Waals surface area contributed by atoms with Crippen LogP contribution in [0.4, 0.5) is 17.1 Å². The lowest BCUT2D eigenvalue weighted by molar-refractivity contribution is 0.465. The van der Waals surface area contributed by atoms with E-state index < -0.39 is 0 Å². The summed E-state index contributed by atoms with van der Waals surface area (Å²) in [6.45, 7) is 4.75. The normalized spacial score (nSPS) is 14.1. The number of para-hydroxylation sites is 2. The molecule has 0 fully saturated rings. The highest BCUT2D eigenvalue weighted by Gasteiger charge is 2.44. The molecule has 0 atom stereocenters. The summed E-state index contributed by atoms with van der Waals surface area (Å²) in [6.07, 6.45) is 0. The predicted molar refractivity (Wildman–Crippen MR) is 211 cm³/mol. The molecule has 0 radical (unpaired) electrons. The number of fused-ring (bicyclic) bond motifs is 10. The Balaban J connectivity index is 1.08. The lowest BCUT2D eigenvalue weighted by Gasteiger charge is -2.34. The van der Waals surface area contributed by atoms with E-state index >= 15 is 0 Å². The van der Waals surface area contributed by atoms with Gasteiger partial charge in [-0.15, -0.1) is 0 Å². The molecule has 3 nitrogen and oxygen atoms in total. The Labute approximate surface area is 297 Å². The van der Waals surface area contributed by atoms with E-state index in [1.165, 1.54) is 54.7 Å². The molecule has 3 aliphatic rings. The van der Waals surface area contributed by atoms with E-state index in [1.54, 1.807) is 0 Å². The van der Waals surface area contributed by atoms with Crippen molar-refractivity contribution < 1.29 is 9.47 Å². The van der Waals surface area contributed by atoms with E-state index in [2.05, 4.69) is 170 Å². The van der Waals surface area contributed by atoms with Gasteiger partial charge in [-0.3, -0.25) is 0 Å². The van der Waals surface area contributed by atoms with Crippen molar-refractivity contribution in [3.8, 4) is 34.1 Å². The van der Waals surface area contributed by atoms with Gasteiger partial charge in [-0.25, -0.2) is 0 Å². The van der Waals surface area contributed by atoms with Crippen LogP contribution in [0.3, 0.4) is 0 Å². The maximum Gasteiger partial charge on any atom is 0.261 e. The maximum atomic E-state index is 6.79. The molecular formula is C47H32BNO2. The number of nitrogens with zero attached hydrogens (tertiary/aromatic N) is 1. The van der Waals surface area contributed by atoms with Crippen LogP contribution in [0.15, 0.2) is 158 Å². The number of rotatable bonds is 3. The van der Waals surface area contributed by atoms with Crippen molar-refractivity contribution in [2.24, 2.45) is 0 Å². The fourth-order valence-electron chi connectivity index (χ4n) is 8.90. The molecule has 8 aromatic carbocycles. The van der Waals surface area contributed by atoms with Gasteiger partial charge in [0.1, 0.15) is 23.0 Å². The van der Waals surface area contributed by atoms with Crippen molar-refractivity contribution in [3.63, 3.8) is 0 Å². The maximum absolute atomic E-state index is 6.79. The second-order valence-electron chi connectivity index (χ2n) is 14.5. The summed E-state index contributed by atoms with van der Waals surface area (Å²) < 4.78 is 13.4. The number of anilines is 3. The first-order chi connectivity index (χ1) is 25.0. The summed E-state index contributed by atoms with van der Waals surface area (Å²) >= 11 is 0. The SMILES string of the molecule is CC1(C)c2cc3c(cc2-c2cc4ccc(N(c5ccccc5)c5ccccc5)cc4cc21)Oc1cccc2c1B3c1c(ccc3ccccc13)O2. The molecule has 2 heterocycles. The van der Waals surface area contributed by atoms with Crippen LogP contribution in [0.25, 0.3) is 32.7 Å². The Morgan fingerprint density at radius 1 is 0.451 bits per heavy atom. The van der Waals surface area contributed by atoms with Gasteiger partial charge in [0.05, 0.1) is 0 Å². The Bertz CT molecular complexity index is 2700. The molecule has 1 aliphatic carbocycles. The third-order valence-corrected chi connectivity index (χ3v) is 11.3. The smallest absolute Gasteiger partial charge is 0.261 e. The quantitative estimate of drug-likeness (QED) is 0.177. The van der Waals surface area contributed by atoms with Crippen LogP contribution in [0.2, 0.25) is 0 Å². The first kappa shape index (κ1) is 28.6. The standard InChI is InChI=1S/C47H32BNO2/c1-47(2)38-26-31-24-34(49(32-13-5-3-6-14-32)33-15-7-4-8-16-33)22-20-30(31)25-36(38)37-27-44-40(28-39(37)47)48-45-35-17-10-9-12-29(35)21-23-43(45)50-41-18-11-19-42(51-44)46(41)48/h3-28H,1-2H3. The second-order valence-corrected chi connectivity index (χ2v) is 14.5. The molecule has 0 N–H and O–H groups in total. The van der Waals surface area contributed by atoms with Crippen LogP contribution in [-0.2, 0) is 5.41 Å². The molecule has 0 unspecified atom stereocenters. The van der Waals surface area contributed by atoms with Gasteiger partial charge in [0.15, 0.2) is 0 Å². The van der Waals surface area contributed by atoms with Crippen LogP contribution in [0.5, 0.6) is 23.0 Å². The van der Waals surface area contributed by atoms with Gasteiger partial charge in [-0.2, -0.15) is 0 Å². The van der Waals surface area contributed by atoms with Crippen molar-refractivity contribution in [2.75, 3.05) is 4.90 Å². The van der Waals surface area contributed by atoms with E-state index in [9.17, 15) is 0 Å². The van der Waals surface area contributed by atoms with E-state index in [1.807, 2.05) is 6.07 Å². The summed E-state index contributed by atoms with van der Waals surface area (Å²) in [5.74, 6) is 3.58. The fourth-order valence-corrected chi connectivity index (χ4v) is 8.90. The van der Waals surface area contributed by atoms with Crippen LogP contribution in [0, 0.1) is 0 Å². The minimum Gasteiger partial charge on any atom is -0.458 e. The second kappa shape index (κ2) is 10.4. The fraction of sp³-hybridized carbons (Fsp3) is 0.0638. The number of hydrogen-bond donors (Lipinski definition) is 0. The summed E-state index contributed by atoms with van der Waals surface area (Å²) in [6, 6.07) is 56.8. The molecule has 0 amide bonds. The van der Waals surface area contributed by atoms with Crippen molar-refractivity contribution in [3.05, 3.63) is 169 Å². The van der Waals surface area contributed by atoms with Crippen molar-refractivity contribution >= 4 is 61.7 Å². The van der Waals surface area contributed by atoms with Gasteiger partial charge in [-0.05, 0) is 128 Å². The van der Waals surface area contributed by atoms with Crippen molar-refractivity contribution in [1.29, 1.82) is 0 Å². The topological polar surface area (TPSA) is 21.7 Å². The molecule has 240 valence electrons. The van der Waals surface area contributed by atoms with Gasteiger partial charge in [0, 0.05) is 27.9 Å². The van der Waals surface area contributed by atoms with Crippen molar-refractivity contribution in [2.45, 2.75) is 19.3 Å². The van der Waals surface area contributed by atoms with E-state index in [0.29, 0.717) is 0 Å². The highest BCUT2D eigenvalue weighted by Crippen LogP contribution is 2.52. The van der Waals surface area contributed by atoms with Crippen molar-refractivity contribution in [1.82, 2.24) is 0 Å². The summed E-state index contributed by atoms with van der Waals surface area (Å²) in [5, 5.41) is 4.89. The largest absolute Gasteiger partial charge is 0.458 e. The van der Waals surface area contributed by atoms with Gasteiger partial charge in [-0.1, -0.05) is 98.8 Å². The molecule has 0 saturated heterocycles. The lowest BCUT2D eigenvalue weighted by atomic mass is 9.34. The van der Waals surface area contributed by atoms with Crippen LogP contribution in [-0.4, -0.2) is 6.71 Å². The number of ether oxygens (including phenoxy) is 2. The first-order valence-electron chi connectivity index (χ1n) is 17.7. The highest BCUT2D eigenvalue weighted by molar-refractivity contribution is 6.99. The molecule has 2 aliphatic heterocycles. The molecule has 4 heteroatoms. The van der Waals surface area contributed by atoms with Gasteiger partial charge in [0.25, 0.3) is 6.71 Å². The molecule has 0 spiro atoms. The number of benzene rings is 8. The third-order valence-electron chi connectivity index (χ3n) is 11.3. The molecule has 11 rings (SSSR count). The average Bonchev–Trinajstić information content (AvgIpc) is 3.38. The van der Waals surface area contributed by atoms with Gasteiger partial charge in [0.2, 0.25) is 0 Å². The Morgan fingerprint density at radius 2 is 1.08 bits per heavy atom. The monoisotopic (exact) mass is 653 g/mol. The summed E-state index contributed by atoms with van der Waals surface area (Å²) in [4.78, 5) is 2.33. The first-order valence-corrected chi connectivity index (χ1v) is 17.7. The summed E-state index contributed by atoms with van der Waals surface area (Å²) in [7, 11) is 0. The van der Waals surface area contributed by atoms with Crippen LogP contribution < -0.4 is 30.8 Å². The Morgan fingerprint density at radius 3 is 1.84 bits per heavy atom.